The van der Waals surface area contributed by atoms with Crippen molar-refractivity contribution in [2.45, 2.75) is 13.8 Å². The quantitative estimate of drug-likeness (QED) is 0.486. The molecule has 3 nitrogen and oxygen atoms in total. The molecule has 1 aromatic rings. The maximum atomic E-state index is 13.6. The standard InChI is InChI=1S/C13H14BrFO3/c1-7(2)11(13(17)18-3)12(16)9-6-8(14)4-5-10(9)15/h4-7,11H,1-3H3. The van der Waals surface area contributed by atoms with E-state index in [4.69, 9.17) is 0 Å². The molecule has 0 N–H and O–H groups in total. The van der Waals surface area contributed by atoms with E-state index in [2.05, 4.69) is 20.7 Å². The van der Waals surface area contributed by atoms with E-state index < -0.39 is 23.5 Å². The molecule has 0 saturated carbocycles. The molecular formula is C13H14BrFO3. The zero-order valence-electron chi connectivity index (χ0n) is 10.4. The van der Waals surface area contributed by atoms with Gasteiger partial charge in [0.2, 0.25) is 0 Å². The highest BCUT2D eigenvalue weighted by Crippen LogP contribution is 2.23. The number of ketones is 1. The molecular weight excluding hydrogens is 303 g/mol. The van der Waals surface area contributed by atoms with Crippen molar-refractivity contribution in [1.29, 1.82) is 0 Å². The Labute approximate surface area is 113 Å². The molecule has 0 aliphatic heterocycles. The van der Waals surface area contributed by atoms with Crippen molar-refractivity contribution in [3.05, 3.63) is 34.1 Å². The van der Waals surface area contributed by atoms with Crippen LogP contribution in [0.3, 0.4) is 0 Å². The van der Waals surface area contributed by atoms with Crippen LogP contribution in [-0.2, 0) is 9.53 Å². The summed E-state index contributed by atoms with van der Waals surface area (Å²) in [5.74, 6) is -3.09. The molecule has 1 atom stereocenters. The van der Waals surface area contributed by atoms with Gasteiger partial charge in [-0.15, -0.1) is 0 Å². The van der Waals surface area contributed by atoms with Gasteiger partial charge in [-0.1, -0.05) is 29.8 Å². The highest BCUT2D eigenvalue weighted by molar-refractivity contribution is 9.10. The number of hydrogen-bond acceptors (Lipinski definition) is 3. The maximum Gasteiger partial charge on any atom is 0.316 e. The predicted molar refractivity (Wildman–Crippen MR) is 68.8 cm³/mol. The van der Waals surface area contributed by atoms with Gasteiger partial charge in [0, 0.05) is 4.47 Å². The van der Waals surface area contributed by atoms with E-state index in [0.717, 1.165) is 0 Å². The van der Waals surface area contributed by atoms with Crippen molar-refractivity contribution >= 4 is 27.7 Å². The minimum absolute atomic E-state index is 0.103. The first-order valence-electron chi connectivity index (χ1n) is 5.45. The summed E-state index contributed by atoms with van der Waals surface area (Å²) in [4.78, 5) is 23.8. The Bertz CT molecular complexity index is 471. The SMILES string of the molecule is COC(=O)C(C(=O)c1cc(Br)ccc1F)C(C)C. The first kappa shape index (κ1) is 14.8. The van der Waals surface area contributed by atoms with E-state index in [-0.39, 0.29) is 11.5 Å². The topological polar surface area (TPSA) is 43.4 Å². The number of hydrogen-bond donors (Lipinski definition) is 0. The number of ether oxygens (including phenoxy) is 1. The van der Waals surface area contributed by atoms with Gasteiger partial charge < -0.3 is 4.74 Å². The monoisotopic (exact) mass is 316 g/mol. The first-order valence-corrected chi connectivity index (χ1v) is 6.25. The van der Waals surface area contributed by atoms with E-state index in [0.29, 0.717) is 4.47 Å². The smallest absolute Gasteiger partial charge is 0.316 e. The molecule has 1 unspecified atom stereocenters. The van der Waals surface area contributed by atoms with E-state index in [1.165, 1.54) is 25.3 Å². The molecule has 0 radical (unpaired) electrons. The van der Waals surface area contributed by atoms with Crippen LogP contribution in [-0.4, -0.2) is 18.9 Å². The summed E-state index contributed by atoms with van der Waals surface area (Å²) < 4.78 is 18.8. The van der Waals surface area contributed by atoms with Gasteiger partial charge in [0.15, 0.2) is 5.78 Å². The zero-order valence-corrected chi connectivity index (χ0v) is 12.0. The Morgan fingerprint density at radius 3 is 2.44 bits per heavy atom. The van der Waals surface area contributed by atoms with E-state index in [1.807, 2.05) is 0 Å². The number of carbonyl (C=O) groups excluding carboxylic acids is 2. The van der Waals surface area contributed by atoms with E-state index in [9.17, 15) is 14.0 Å². The van der Waals surface area contributed by atoms with Crippen molar-refractivity contribution < 1.29 is 18.7 Å². The second kappa shape index (κ2) is 6.09. The second-order valence-corrected chi connectivity index (χ2v) is 5.15. The van der Waals surface area contributed by atoms with Crippen LogP contribution in [0.5, 0.6) is 0 Å². The lowest BCUT2D eigenvalue weighted by Gasteiger charge is -2.17. The molecule has 0 saturated heterocycles. The molecule has 0 amide bonds. The molecule has 0 spiro atoms. The Hall–Kier alpha value is -1.23. The summed E-state index contributed by atoms with van der Waals surface area (Å²) in [6.07, 6.45) is 0. The second-order valence-electron chi connectivity index (χ2n) is 4.23. The average molecular weight is 317 g/mol. The number of Topliss-reactive ketones (excluding diaryl/α,β-unsaturated/α-hetero) is 1. The summed E-state index contributed by atoms with van der Waals surface area (Å²) >= 11 is 3.17. The van der Waals surface area contributed by atoms with Crippen LogP contribution in [0.1, 0.15) is 24.2 Å². The summed E-state index contributed by atoms with van der Waals surface area (Å²) in [5, 5.41) is 0. The fourth-order valence-electron chi connectivity index (χ4n) is 1.66. The third-order valence-electron chi connectivity index (χ3n) is 2.60. The number of benzene rings is 1. The van der Waals surface area contributed by atoms with Crippen molar-refractivity contribution in [2.24, 2.45) is 11.8 Å². The molecule has 1 rings (SSSR count). The largest absolute Gasteiger partial charge is 0.468 e. The van der Waals surface area contributed by atoms with Gasteiger partial charge >= 0.3 is 5.97 Å². The van der Waals surface area contributed by atoms with E-state index >= 15 is 0 Å². The Balaban J connectivity index is 3.17. The van der Waals surface area contributed by atoms with Crippen LogP contribution in [0.4, 0.5) is 4.39 Å². The molecule has 0 heterocycles. The molecule has 98 valence electrons. The van der Waals surface area contributed by atoms with Crippen molar-refractivity contribution in [1.82, 2.24) is 0 Å². The van der Waals surface area contributed by atoms with Crippen LogP contribution < -0.4 is 0 Å². The molecule has 0 aromatic heterocycles. The number of esters is 1. The average Bonchev–Trinajstić information content (AvgIpc) is 2.31. The normalized spacial score (nSPS) is 12.3. The lowest BCUT2D eigenvalue weighted by atomic mass is 9.88. The fourth-order valence-corrected chi connectivity index (χ4v) is 2.02. The number of methoxy groups -OCH3 is 1. The Morgan fingerprint density at radius 1 is 1.33 bits per heavy atom. The van der Waals surface area contributed by atoms with Gasteiger partial charge in [0.05, 0.1) is 12.7 Å². The van der Waals surface area contributed by atoms with Crippen molar-refractivity contribution in [3.63, 3.8) is 0 Å². The summed E-state index contributed by atoms with van der Waals surface area (Å²) in [7, 11) is 1.21. The van der Waals surface area contributed by atoms with Gasteiger partial charge in [0.1, 0.15) is 11.7 Å². The maximum absolute atomic E-state index is 13.6. The third kappa shape index (κ3) is 3.16. The van der Waals surface area contributed by atoms with Crippen LogP contribution in [0.25, 0.3) is 0 Å². The lowest BCUT2D eigenvalue weighted by molar-refractivity contribution is -0.144. The lowest BCUT2D eigenvalue weighted by Crippen LogP contribution is -2.30. The van der Waals surface area contributed by atoms with Gasteiger partial charge in [-0.05, 0) is 24.1 Å². The molecule has 1 aromatic carbocycles. The number of rotatable bonds is 4. The molecule has 18 heavy (non-hydrogen) atoms. The van der Waals surface area contributed by atoms with E-state index in [1.54, 1.807) is 13.8 Å². The van der Waals surface area contributed by atoms with Crippen molar-refractivity contribution in [3.8, 4) is 0 Å². The minimum Gasteiger partial charge on any atom is -0.468 e. The van der Waals surface area contributed by atoms with Crippen molar-refractivity contribution in [2.75, 3.05) is 7.11 Å². The Kier molecular flexibility index (Phi) is 5.02. The molecule has 0 aliphatic rings. The highest BCUT2D eigenvalue weighted by Gasteiger charge is 2.33. The zero-order chi connectivity index (χ0) is 13.9. The molecule has 5 heteroatoms. The van der Waals surface area contributed by atoms with Crippen LogP contribution >= 0.6 is 15.9 Å². The van der Waals surface area contributed by atoms with Gasteiger partial charge in [-0.3, -0.25) is 9.59 Å². The molecule has 0 aliphatic carbocycles. The predicted octanol–water partition coefficient (Wildman–Crippen LogP) is 3.22. The Morgan fingerprint density at radius 2 is 1.94 bits per heavy atom. The first-order chi connectivity index (χ1) is 8.38. The summed E-state index contributed by atoms with van der Waals surface area (Å²) in [6, 6.07) is 4.05. The highest BCUT2D eigenvalue weighted by atomic mass is 79.9. The van der Waals surface area contributed by atoms with Gasteiger partial charge in [-0.25, -0.2) is 4.39 Å². The molecule has 0 bridgehead atoms. The van der Waals surface area contributed by atoms with Gasteiger partial charge in [0.25, 0.3) is 0 Å². The number of halogens is 2. The van der Waals surface area contributed by atoms with Crippen LogP contribution in [0.2, 0.25) is 0 Å². The van der Waals surface area contributed by atoms with Crippen LogP contribution in [0, 0.1) is 17.7 Å². The summed E-state index contributed by atoms with van der Waals surface area (Å²) in [5.41, 5.74) is -0.103. The fraction of sp³-hybridized carbons (Fsp3) is 0.385. The summed E-state index contributed by atoms with van der Waals surface area (Å²) in [6.45, 7) is 3.44. The third-order valence-corrected chi connectivity index (χ3v) is 3.09. The van der Waals surface area contributed by atoms with Crippen LogP contribution in [0.15, 0.2) is 22.7 Å². The van der Waals surface area contributed by atoms with Gasteiger partial charge in [-0.2, -0.15) is 0 Å². The number of carbonyl (C=O) groups is 2. The molecule has 0 fully saturated rings. The minimum atomic E-state index is -0.987.